The lowest BCUT2D eigenvalue weighted by molar-refractivity contribution is 0.0660. The van der Waals surface area contributed by atoms with Gasteiger partial charge in [0.1, 0.15) is 35.8 Å². The molecule has 0 bridgehead atoms. The molecular formula is C25H18ClFN4O4. The van der Waals surface area contributed by atoms with Gasteiger partial charge in [-0.25, -0.2) is 19.2 Å². The van der Waals surface area contributed by atoms with Crippen molar-refractivity contribution >= 4 is 40.1 Å². The second-order valence-electron chi connectivity index (χ2n) is 7.66. The number of halogens is 2. The summed E-state index contributed by atoms with van der Waals surface area (Å²) in [7, 11) is 0. The van der Waals surface area contributed by atoms with Crippen LogP contribution in [0.1, 0.15) is 21.9 Å². The molecule has 3 aromatic heterocycles. The summed E-state index contributed by atoms with van der Waals surface area (Å²) in [6, 6.07) is 16.3. The molecule has 2 aromatic carbocycles. The number of anilines is 2. The van der Waals surface area contributed by atoms with E-state index in [0.29, 0.717) is 51.2 Å². The number of nitrogens with one attached hydrogen (secondary N) is 1. The lowest BCUT2D eigenvalue weighted by Crippen LogP contribution is -2.03. The normalized spacial score (nSPS) is 11.0. The minimum absolute atomic E-state index is 0.125. The van der Waals surface area contributed by atoms with Gasteiger partial charge in [-0.1, -0.05) is 23.7 Å². The molecule has 0 atom stereocenters. The third-order valence-electron chi connectivity index (χ3n) is 5.23. The van der Waals surface area contributed by atoms with E-state index in [9.17, 15) is 9.18 Å². The van der Waals surface area contributed by atoms with Crippen LogP contribution in [0.3, 0.4) is 0 Å². The molecule has 176 valence electrons. The molecule has 3 heterocycles. The van der Waals surface area contributed by atoms with Crippen molar-refractivity contribution in [3.63, 3.8) is 0 Å². The Bertz CT molecular complexity index is 1530. The van der Waals surface area contributed by atoms with Gasteiger partial charge in [-0.2, -0.15) is 0 Å². The van der Waals surface area contributed by atoms with Gasteiger partial charge in [-0.05, 0) is 54.1 Å². The molecule has 0 saturated heterocycles. The smallest absolute Gasteiger partial charge is 0.371 e. The van der Waals surface area contributed by atoms with E-state index >= 15 is 0 Å². The van der Waals surface area contributed by atoms with Crippen LogP contribution >= 0.6 is 11.6 Å². The molecular weight excluding hydrogens is 475 g/mol. The highest BCUT2D eigenvalue weighted by Gasteiger charge is 2.14. The van der Waals surface area contributed by atoms with Crippen LogP contribution in [0.25, 0.3) is 11.0 Å². The molecule has 8 nitrogen and oxygen atoms in total. The van der Waals surface area contributed by atoms with E-state index in [1.807, 2.05) is 16.8 Å². The van der Waals surface area contributed by atoms with Gasteiger partial charge in [-0.3, -0.25) is 0 Å². The van der Waals surface area contributed by atoms with Crippen LogP contribution in [-0.2, 0) is 13.2 Å². The number of fused-ring (bicyclic) bond motifs is 1. The van der Waals surface area contributed by atoms with Crippen molar-refractivity contribution in [3.05, 3.63) is 101 Å². The fourth-order valence-electron chi connectivity index (χ4n) is 3.62. The summed E-state index contributed by atoms with van der Waals surface area (Å²) < 4.78 is 26.4. The topological polar surface area (TPSA) is 102 Å². The second-order valence-corrected chi connectivity index (χ2v) is 8.07. The highest BCUT2D eigenvalue weighted by molar-refractivity contribution is 6.32. The summed E-state index contributed by atoms with van der Waals surface area (Å²) in [6.07, 6.45) is 3.27. The van der Waals surface area contributed by atoms with Crippen LogP contribution < -0.4 is 10.1 Å². The highest BCUT2D eigenvalue weighted by atomic mass is 35.5. The number of aromatic carboxylic acids is 1. The Hall–Kier alpha value is -4.37. The first-order valence-electron chi connectivity index (χ1n) is 10.5. The molecule has 35 heavy (non-hydrogen) atoms. The fraction of sp³-hybridized carbons (Fsp3) is 0.0800. The van der Waals surface area contributed by atoms with Crippen LogP contribution in [0.4, 0.5) is 15.9 Å². The summed E-state index contributed by atoms with van der Waals surface area (Å²) in [4.78, 5) is 19.8. The Morgan fingerprint density at radius 3 is 2.80 bits per heavy atom. The maximum atomic E-state index is 13.4. The minimum Gasteiger partial charge on any atom is -0.487 e. The lowest BCUT2D eigenvalue weighted by atomic mass is 10.2. The van der Waals surface area contributed by atoms with Gasteiger partial charge in [-0.15, -0.1) is 0 Å². The summed E-state index contributed by atoms with van der Waals surface area (Å²) in [5.41, 5.74) is 2.78. The van der Waals surface area contributed by atoms with E-state index in [4.69, 9.17) is 25.9 Å². The van der Waals surface area contributed by atoms with E-state index in [2.05, 4.69) is 15.3 Å². The molecule has 0 spiro atoms. The van der Waals surface area contributed by atoms with Gasteiger partial charge in [0.15, 0.2) is 5.82 Å². The summed E-state index contributed by atoms with van der Waals surface area (Å²) >= 11 is 6.42. The van der Waals surface area contributed by atoms with Crippen LogP contribution in [0.5, 0.6) is 5.75 Å². The third kappa shape index (κ3) is 4.95. The van der Waals surface area contributed by atoms with Crippen LogP contribution in [-0.4, -0.2) is 25.6 Å². The van der Waals surface area contributed by atoms with Gasteiger partial charge < -0.3 is 24.1 Å². The number of ether oxygens (including phenoxy) is 1. The molecule has 0 fully saturated rings. The second kappa shape index (κ2) is 9.47. The number of carboxylic acid groups (broad SMARTS) is 1. The molecule has 0 aliphatic rings. The van der Waals surface area contributed by atoms with Crippen molar-refractivity contribution in [2.75, 3.05) is 5.32 Å². The van der Waals surface area contributed by atoms with Crippen molar-refractivity contribution in [2.45, 2.75) is 13.2 Å². The van der Waals surface area contributed by atoms with Gasteiger partial charge >= 0.3 is 5.97 Å². The van der Waals surface area contributed by atoms with E-state index in [0.717, 1.165) is 0 Å². The summed E-state index contributed by atoms with van der Waals surface area (Å²) in [6.45, 7) is 0.479. The standard InChI is InChI=1S/C25H18ClFN4O4/c26-19-11-17(4-6-21(19)34-13-15-2-1-3-16(27)10-15)30-24-23-20(28-14-29-24)8-9-31(23)12-18-5-7-22(35-18)25(32)33/h1-11,14H,12-13H2,(H,32,33)(H,28,29,30). The number of aromatic nitrogens is 3. The Kier molecular flexibility index (Phi) is 6.07. The molecule has 5 aromatic rings. The minimum atomic E-state index is -1.13. The maximum Gasteiger partial charge on any atom is 0.371 e. The molecule has 0 radical (unpaired) electrons. The van der Waals surface area contributed by atoms with Crippen LogP contribution in [0.15, 0.2) is 77.6 Å². The zero-order valence-electron chi connectivity index (χ0n) is 18.1. The predicted octanol–water partition coefficient (Wildman–Crippen LogP) is 5.89. The maximum absolute atomic E-state index is 13.4. The quantitative estimate of drug-likeness (QED) is 0.278. The van der Waals surface area contributed by atoms with E-state index in [-0.39, 0.29) is 18.2 Å². The monoisotopic (exact) mass is 492 g/mol. The fourth-order valence-corrected chi connectivity index (χ4v) is 3.86. The SMILES string of the molecule is O=C(O)c1ccc(Cn2ccc3ncnc(Nc4ccc(OCc5cccc(F)c5)c(Cl)c4)c32)o1. The number of carboxylic acids is 1. The first kappa shape index (κ1) is 22.4. The number of benzene rings is 2. The zero-order chi connectivity index (χ0) is 24.4. The van der Waals surface area contributed by atoms with Crippen molar-refractivity contribution < 1.29 is 23.4 Å². The van der Waals surface area contributed by atoms with E-state index in [1.165, 1.54) is 24.5 Å². The molecule has 10 heteroatoms. The van der Waals surface area contributed by atoms with Crippen molar-refractivity contribution in [1.29, 1.82) is 0 Å². The molecule has 0 aliphatic carbocycles. The van der Waals surface area contributed by atoms with Gasteiger partial charge in [0, 0.05) is 11.9 Å². The molecule has 0 amide bonds. The molecule has 0 unspecified atom stereocenters. The number of hydrogen-bond donors (Lipinski definition) is 2. The molecule has 0 aliphatic heterocycles. The van der Waals surface area contributed by atoms with Gasteiger partial charge in [0.2, 0.25) is 5.76 Å². The number of carbonyl (C=O) groups is 1. The van der Waals surface area contributed by atoms with Crippen LogP contribution in [0, 0.1) is 5.82 Å². The summed E-state index contributed by atoms with van der Waals surface area (Å²) in [5, 5.41) is 12.7. The Labute approximate surface area is 203 Å². The number of rotatable bonds is 8. The van der Waals surface area contributed by atoms with Crippen molar-refractivity contribution in [3.8, 4) is 5.75 Å². The number of nitrogens with zero attached hydrogens (tertiary/aromatic N) is 3. The average Bonchev–Trinajstić information content (AvgIpc) is 3.47. The lowest BCUT2D eigenvalue weighted by Gasteiger charge is -2.12. The Morgan fingerprint density at radius 1 is 1.14 bits per heavy atom. The number of furan rings is 1. The number of hydrogen-bond acceptors (Lipinski definition) is 6. The predicted molar refractivity (Wildman–Crippen MR) is 128 cm³/mol. The van der Waals surface area contributed by atoms with E-state index in [1.54, 1.807) is 36.4 Å². The molecule has 5 rings (SSSR count). The Balaban J connectivity index is 1.35. The molecule has 2 N–H and O–H groups in total. The summed E-state index contributed by atoms with van der Waals surface area (Å²) in [5.74, 6) is -0.0937. The first-order valence-corrected chi connectivity index (χ1v) is 10.9. The van der Waals surface area contributed by atoms with Gasteiger partial charge in [0.25, 0.3) is 0 Å². The van der Waals surface area contributed by atoms with Gasteiger partial charge in [0.05, 0.1) is 17.1 Å². The largest absolute Gasteiger partial charge is 0.487 e. The Morgan fingerprint density at radius 2 is 2.03 bits per heavy atom. The van der Waals surface area contributed by atoms with E-state index < -0.39 is 5.97 Å². The molecule has 0 saturated carbocycles. The van der Waals surface area contributed by atoms with Crippen molar-refractivity contribution in [2.24, 2.45) is 0 Å². The van der Waals surface area contributed by atoms with Crippen LogP contribution in [0.2, 0.25) is 5.02 Å². The average molecular weight is 493 g/mol. The zero-order valence-corrected chi connectivity index (χ0v) is 18.9. The van der Waals surface area contributed by atoms with Crippen molar-refractivity contribution in [1.82, 2.24) is 14.5 Å². The first-order chi connectivity index (χ1) is 17.0. The third-order valence-corrected chi connectivity index (χ3v) is 5.52. The highest BCUT2D eigenvalue weighted by Crippen LogP contribution is 2.31.